The first-order chi connectivity index (χ1) is 9.65. The lowest BCUT2D eigenvalue weighted by Gasteiger charge is -2.04. The highest BCUT2D eigenvalue weighted by Gasteiger charge is 2.09. The Bertz CT molecular complexity index is 604. The molecule has 0 unspecified atom stereocenters. The fourth-order valence-electron chi connectivity index (χ4n) is 2.21. The van der Waals surface area contributed by atoms with Gasteiger partial charge in [-0.05, 0) is 18.6 Å². The van der Waals surface area contributed by atoms with E-state index in [4.69, 9.17) is 4.74 Å². The molecular weight excluding hydrogens is 254 g/mol. The second kappa shape index (κ2) is 6.41. The van der Waals surface area contributed by atoms with Gasteiger partial charge in [-0.1, -0.05) is 6.92 Å². The first-order valence-electron chi connectivity index (χ1n) is 6.91. The van der Waals surface area contributed by atoms with Crippen LogP contribution in [0.4, 0.5) is 0 Å². The number of imidazole rings is 1. The molecule has 0 aliphatic heterocycles. The largest absolute Gasteiger partial charge is 0.497 e. The molecule has 1 aromatic heterocycles. The predicted octanol–water partition coefficient (Wildman–Crippen LogP) is 2.04. The molecule has 108 valence electrons. The molecule has 5 nitrogen and oxygen atoms in total. The Labute approximate surface area is 118 Å². The SMILES string of the molecule is CCCC(=O)NCCc1nc2cc(OC)ccc2n1C. The Morgan fingerprint density at radius 1 is 1.45 bits per heavy atom. The third-order valence-electron chi connectivity index (χ3n) is 3.33. The Morgan fingerprint density at radius 3 is 2.95 bits per heavy atom. The fourth-order valence-corrected chi connectivity index (χ4v) is 2.21. The van der Waals surface area contributed by atoms with Crippen molar-refractivity contribution in [3.05, 3.63) is 24.0 Å². The Hall–Kier alpha value is -2.04. The summed E-state index contributed by atoms with van der Waals surface area (Å²) < 4.78 is 7.26. The van der Waals surface area contributed by atoms with Crippen molar-refractivity contribution < 1.29 is 9.53 Å². The maximum absolute atomic E-state index is 11.4. The van der Waals surface area contributed by atoms with E-state index in [1.807, 2.05) is 32.2 Å². The van der Waals surface area contributed by atoms with Crippen LogP contribution in [0.5, 0.6) is 5.75 Å². The van der Waals surface area contributed by atoms with Crippen molar-refractivity contribution in [1.29, 1.82) is 0 Å². The van der Waals surface area contributed by atoms with Gasteiger partial charge in [0.05, 0.1) is 18.1 Å². The van der Waals surface area contributed by atoms with Crippen molar-refractivity contribution in [2.45, 2.75) is 26.2 Å². The number of benzene rings is 1. The Balaban J connectivity index is 2.07. The van der Waals surface area contributed by atoms with Crippen LogP contribution in [0.1, 0.15) is 25.6 Å². The Kier molecular flexibility index (Phi) is 4.61. The van der Waals surface area contributed by atoms with E-state index in [1.165, 1.54) is 0 Å². The summed E-state index contributed by atoms with van der Waals surface area (Å²) in [6.45, 7) is 2.62. The van der Waals surface area contributed by atoms with E-state index in [-0.39, 0.29) is 5.91 Å². The van der Waals surface area contributed by atoms with Crippen molar-refractivity contribution >= 4 is 16.9 Å². The van der Waals surface area contributed by atoms with Gasteiger partial charge in [0.15, 0.2) is 0 Å². The van der Waals surface area contributed by atoms with Crippen LogP contribution < -0.4 is 10.1 Å². The summed E-state index contributed by atoms with van der Waals surface area (Å²) in [4.78, 5) is 16.0. The summed E-state index contributed by atoms with van der Waals surface area (Å²) in [5.74, 6) is 1.87. The van der Waals surface area contributed by atoms with E-state index in [0.29, 0.717) is 13.0 Å². The van der Waals surface area contributed by atoms with Gasteiger partial charge in [-0.2, -0.15) is 0 Å². The minimum atomic E-state index is 0.105. The smallest absolute Gasteiger partial charge is 0.219 e. The first kappa shape index (κ1) is 14.4. The van der Waals surface area contributed by atoms with Gasteiger partial charge in [-0.3, -0.25) is 4.79 Å². The third-order valence-corrected chi connectivity index (χ3v) is 3.33. The number of hydrogen-bond donors (Lipinski definition) is 1. The molecule has 0 fully saturated rings. The standard InChI is InChI=1S/C15H21N3O2/c1-4-5-15(19)16-9-8-14-17-12-10-11(20-3)6-7-13(12)18(14)2/h6-7,10H,4-5,8-9H2,1-3H3,(H,16,19). The summed E-state index contributed by atoms with van der Waals surface area (Å²) in [7, 11) is 3.64. The second-order valence-corrected chi connectivity index (χ2v) is 4.79. The first-order valence-corrected chi connectivity index (χ1v) is 6.91. The molecule has 0 bridgehead atoms. The lowest BCUT2D eigenvalue weighted by Crippen LogP contribution is -2.25. The van der Waals surface area contributed by atoms with Gasteiger partial charge in [0.2, 0.25) is 5.91 Å². The number of nitrogens with one attached hydrogen (secondary N) is 1. The highest BCUT2D eigenvalue weighted by Crippen LogP contribution is 2.20. The molecule has 1 N–H and O–H groups in total. The summed E-state index contributed by atoms with van der Waals surface area (Å²) in [5.41, 5.74) is 1.99. The van der Waals surface area contributed by atoms with Crippen LogP contribution in [0.15, 0.2) is 18.2 Å². The molecule has 0 atom stereocenters. The average Bonchev–Trinajstić information content (AvgIpc) is 2.75. The van der Waals surface area contributed by atoms with E-state index >= 15 is 0 Å². The van der Waals surface area contributed by atoms with Crippen LogP contribution in [0.3, 0.4) is 0 Å². The number of hydrogen-bond acceptors (Lipinski definition) is 3. The normalized spacial score (nSPS) is 10.8. The molecule has 2 rings (SSSR count). The minimum Gasteiger partial charge on any atom is -0.497 e. The number of ether oxygens (including phenoxy) is 1. The van der Waals surface area contributed by atoms with E-state index in [1.54, 1.807) is 7.11 Å². The molecule has 0 aliphatic rings. The van der Waals surface area contributed by atoms with Gasteiger partial charge in [-0.15, -0.1) is 0 Å². The molecule has 0 radical (unpaired) electrons. The number of carbonyl (C=O) groups is 1. The molecule has 0 aliphatic carbocycles. The van der Waals surface area contributed by atoms with Gasteiger partial charge in [-0.25, -0.2) is 4.98 Å². The third kappa shape index (κ3) is 3.10. The molecule has 5 heteroatoms. The summed E-state index contributed by atoms with van der Waals surface area (Å²) in [5, 5.41) is 2.91. The molecule has 1 amide bonds. The highest BCUT2D eigenvalue weighted by atomic mass is 16.5. The van der Waals surface area contributed by atoms with Crippen LogP contribution in [-0.2, 0) is 18.3 Å². The summed E-state index contributed by atoms with van der Waals surface area (Å²) in [6.07, 6.45) is 2.18. The van der Waals surface area contributed by atoms with E-state index < -0.39 is 0 Å². The lowest BCUT2D eigenvalue weighted by atomic mass is 10.3. The number of aromatic nitrogens is 2. The van der Waals surface area contributed by atoms with Gasteiger partial charge >= 0.3 is 0 Å². The Morgan fingerprint density at radius 2 is 2.25 bits per heavy atom. The van der Waals surface area contributed by atoms with Gasteiger partial charge in [0.25, 0.3) is 0 Å². The van der Waals surface area contributed by atoms with Crippen LogP contribution in [0.25, 0.3) is 11.0 Å². The average molecular weight is 275 g/mol. The minimum absolute atomic E-state index is 0.105. The summed E-state index contributed by atoms with van der Waals surface area (Å²) in [6, 6.07) is 5.85. The van der Waals surface area contributed by atoms with Crippen molar-refractivity contribution in [2.75, 3.05) is 13.7 Å². The summed E-state index contributed by atoms with van der Waals surface area (Å²) >= 11 is 0. The van der Waals surface area contributed by atoms with E-state index in [9.17, 15) is 4.79 Å². The maximum Gasteiger partial charge on any atom is 0.219 e. The number of aryl methyl sites for hydroxylation is 1. The predicted molar refractivity (Wildman–Crippen MR) is 78.9 cm³/mol. The van der Waals surface area contributed by atoms with E-state index in [0.717, 1.165) is 35.4 Å². The number of carbonyl (C=O) groups excluding carboxylic acids is 1. The molecule has 0 saturated heterocycles. The number of rotatable bonds is 6. The molecule has 1 aromatic carbocycles. The van der Waals surface area contributed by atoms with Crippen LogP contribution >= 0.6 is 0 Å². The topological polar surface area (TPSA) is 56.1 Å². The van der Waals surface area contributed by atoms with Crippen LogP contribution in [0, 0.1) is 0 Å². The lowest BCUT2D eigenvalue weighted by molar-refractivity contribution is -0.121. The number of fused-ring (bicyclic) bond motifs is 1. The van der Waals surface area contributed by atoms with Gasteiger partial charge in [0.1, 0.15) is 11.6 Å². The molecule has 1 heterocycles. The molecule has 20 heavy (non-hydrogen) atoms. The molecule has 2 aromatic rings. The second-order valence-electron chi connectivity index (χ2n) is 4.79. The fraction of sp³-hybridized carbons (Fsp3) is 0.467. The molecule has 0 saturated carbocycles. The zero-order valence-corrected chi connectivity index (χ0v) is 12.3. The molecule has 0 spiro atoms. The van der Waals surface area contributed by atoms with Crippen LogP contribution in [-0.4, -0.2) is 29.1 Å². The number of methoxy groups -OCH3 is 1. The molecular formula is C15H21N3O2. The quantitative estimate of drug-likeness (QED) is 0.877. The monoisotopic (exact) mass is 275 g/mol. The zero-order chi connectivity index (χ0) is 14.5. The highest BCUT2D eigenvalue weighted by molar-refractivity contribution is 5.78. The van der Waals surface area contributed by atoms with Crippen LogP contribution in [0.2, 0.25) is 0 Å². The van der Waals surface area contributed by atoms with Gasteiger partial charge < -0.3 is 14.6 Å². The van der Waals surface area contributed by atoms with Gasteiger partial charge in [0, 0.05) is 32.5 Å². The van der Waals surface area contributed by atoms with Crippen molar-refractivity contribution in [2.24, 2.45) is 7.05 Å². The van der Waals surface area contributed by atoms with Crippen molar-refractivity contribution in [3.63, 3.8) is 0 Å². The zero-order valence-electron chi connectivity index (χ0n) is 12.3. The maximum atomic E-state index is 11.4. The van der Waals surface area contributed by atoms with E-state index in [2.05, 4.69) is 14.9 Å². The van der Waals surface area contributed by atoms with Crippen molar-refractivity contribution in [1.82, 2.24) is 14.9 Å². The van der Waals surface area contributed by atoms with Crippen molar-refractivity contribution in [3.8, 4) is 5.75 Å². The number of amides is 1. The number of nitrogens with zero attached hydrogens (tertiary/aromatic N) is 2.